The monoisotopic (exact) mass is 533 g/mol. The molecule has 2 aliphatic heterocycles. The number of halogens is 1. The number of hydrogen-bond donors (Lipinski definition) is 0. The third-order valence-electron chi connectivity index (χ3n) is 6.57. The number of ether oxygens (including phenoxy) is 4. The van der Waals surface area contributed by atoms with Crippen LogP contribution in [0.5, 0.6) is 23.4 Å². The maximum absolute atomic E-state index is 14.1. The van der Waals surface area contributed by atoms with Gasteiger partial charge in [-0.15, -0.1) is 0 Å². The van der Waals surface area contributed by atoms with Gasteiger partial charge < -0.3 is 23.5 Å². The fourth-order valence-electron chi connectivity index (χ4n) is 4.94. The van der Waals surface area contributed by atoms with E-state index in [4.69, 9.17) is 35.5 Å². The number of benzene rings is 2. The predicted molar refractivity (Wildman–Crippen MR) is 139 cm³/mol. The van der Waals surface area contributed by atoms with Crippen LogP contribution in [-0.2, 0) is 0 Å². The van der Waals surface area contributed by atoms with E-state index in [0.717, 1.165) is 11.3 Å². The number of fused-ring (bicyclic) bond motifs is 2. The molecule has 1 amide bonds. The zero-order valence-electron chi connectivity index (χ0n) is 21.1. The van der Waals surface area contributed by atoms with Gasteiger partial charge in [0.25, 0.3) is 5.91 Å². The molecule has 4 aromatic rings. The van der Waals surface area contributed by atoms with Crippen LogP contribution in [0.1, 0.15) is 47.7 Å². The number of anilines is 1. The fraction of sp³-hybridized carbons (Fsp3) is 0.259. The Labute approximate surface area is 223 Å². The van der Waals surface area contributed by atoms with Crippen LogP contribution in [0.15, 0.2) is 48.7 Å². The average Bonchev–Trinajstić information content (AvgIpc) is 3.62. The van der Waals surface area contributed by atoms with E-state index in [0.29, 0.717) is 45.2 Å². The second-order valence-corrected chi connectivity index (χ2v) is 9.52. The number of methoxy groups -OCH3 is 2. The molecule has 0 fully saturated rings. The first-order valence-corrected chi connectivity index (χ1v) is 12.3. The van der Waals surface area contributed by atoms with E-state index in [9.17, 15) is 4.79 Å². The van der Waals surface area contributed by atoms with Gasteiger partial charge in [0.1, 0.15) is 11.9 Å². The smallest absolute Gasteiger partial charge is 0.319 e. The molecule has 1 atom stereocenters. The number of rotatable bonds is 6. The van der Waals surface area contributed by atoms with Gasteiger partial charge in [-0.25, -0.2) is 9.97 Å². The van der Waals surface area contributed by atoms with Crippen molar-refractivity contribution < 1.29 is 23.7 Å². The van der Waals surface area contributed by atoms with E-state index in [-0.39, 0.29) is 24.8 Å². The molecule has 194 valence electrons. The molecule has 2 aromatic carbocycles. The molecule has 0 bridgehead atoms. The summed E-state index contributed by atoms with van der Waals surface area (Å²) in [5, 5.41) is 0.603. The van der Waals surface area contributed by atoms with Crippen LogP contribution in [0.25, 0.3) is 11.4 Å². The van der Waals surface area contributed by atoms with Crippen LogP contribution in [0, 0.1) is 0 Å². The largest absolute Gasteiger partial charge is 0.480 e. The minimum atomic E-state index is -0.482. The van der Waals surface area contributed by atoms with Crippen LogP contribution in [-0.4, -0.2) is 46.4 Å². The summed E-state index contributed by atoms with van der Waals surface area (Å²) < 4.78 is 23.8. The van der Waals surface area contributed by atoms with Crippen molar-refractivity contribution in [2.24, 2.45) is 0 Å². The molecule has 0 radical (unpaired) electrons. The highest BCUT2D eigenvalue weighted by Crippen LogP contribution is 2.47. The highest BCUT2D eigenvalue weighted by Gasteiger charge is 2.45. The first kappa shape index (κ1) is 24.1. The van der Waals surface area contributed by atoms with Crippen molar-refractivity contribution in [2.45, 2.75) is 25.9 Å². The summed E-state index contributed by atoms with van der Waals surface area (Å²) in [5.74, 6) is 1.81. The fourth-order valence-corrected chi connectivity index (χ4v) is 5.07. The lowest BCUT2D eigenvalue weighted by Gasteiger charge is -2.28. The lowest BCUT2D eigenvalue weighted by molar-refractivity contribution is 0.0989. The molecule has 2 aliphatic rings. The van der Waals surface area contributed by atoms with Gasteiger partial charge in [-0.2, -0.15) is 4.98 Å². The molecule has 0 saturated heterocycles. The highest BCUT2D eigenvalue weighted by molar-refractivity contribution is 6.30. The van der Waals surface area contributed by atoms with Gasteiger partial charge in [0.05, 0.1) is 25.5 Å². The highest BCUT2D eigenvalue weighted by atomic mass is 35.5. The summed E-state index contributed by atoms with van der Waals surface area (Å²) in [6.45, 7) is 4.21. The van der Waals surface area contributed by atoms with Crippen molar-refractivity contribution in [3.05, 3.63) is 70.6 Å². The first-order valence-electron chi connectivity index (χ1n) is 12.0. The zero-order chi connectivity index (χ0) is 26.6. The number of amides is 1. The van der Waals surface area contributed by atoms with Crippen molar-refractivity contribution in [1.29, 1.82) is 0 Å². The average molecular weight is 534 g/mol. The van der Waals surface area contributed by atoms with E-state index in [1.165, 1.54) is 14.2 Å². The molecule has 6 rings (SSSR count). The Morgan fingerprint density at radius 3 is 2.50 bits per heavy atom. The summed E-state index contributed by atoms with van der Waals surface area (Å²) in [6.07, 6.45) is 1.60. The van der Waals surface area contributed by atoms with Crippen molar-refractivity contribution in [3.63, 3.8) is 0 Å². The van der Waals surface area contributed by atoms with E-state index >= 15 is 0 Å². The van der Waals surface area contributed by atoms with Gasteiger partial charge in [-0.3, -0.25) is 9.69 Å². The molecule has 38 heavy (non-hydrogen) atoms. The molecule has 4 heterocycles. The first-order chi connectivity index (χ1) is 18.4. The van der Waals surface area contributed by atoms with E-state index in [1.807, 2.05) is 60.9 Å². The van der Waals surface area contributed by atoms with E-state index in [1.54, 1.807) is 11.1 Å². The molecule has 11 heteroatoms. The third kappa shape index (κ3) is 3.71. The van der Waals surface area contributed by atoms with Gasteiger partial charge in [0.15, 0.2) is 17.2 Å². The number of hydrogen-bond acceptors (Lipinski definition) is 8. The van der Waals surface area contributed by atoms with Gasteiger partial charge in [-0.05, 0) is 43.7 Å². The van der Waals surface area contributed by atoms with Gasteiger partial charge in [0.2, 0.25) is 12.7 Å². The minimum absolute atomic E-state index is 0.0626. The second kappa shape index (κ2) is 9.21. The summed E-state index contributed by atoms with van der Waals surface area (Å²) in [5.41, 5.74) is 3.18. The minimum Gasteiger partial charge on any atom is -0.480 e. The molecule has 0 unspecified atom stereocenters. The van der Waals surface area contributed by atoms with Gasteiger partial charge >= 0.3 is 6.01 Å². The lowest BCUT2D eigenvalue weighted by atomic mass is 10.0. The van der Waals surface area contributed by atoms with Crippen LogP contribution < -0.4 is 23.8 Å². The standard InChI is InChI=1S/C27H24ClN5O5/c1-14(2)32-23-21(30-24(32)18-12-29-27(36-4)31-25(18)35-3)26(34)33(22(23)15-5-7-16(28)8-6-15)17-9-10-19-20(11-17)38-13-37-19/h5-12,14,22H,13H2,1-4H3/t22-/m1/s1. The Hall–Kier alpha value is -4.31. The molecule has 2 aromatic heterocycles. The summed E-state index contributed by atoms with van der Waals surface area (Å²) in [4.78, 5) is 29.3. The number of nitrogens with zero attached hydrogens (tertiary/aromatic N) is 5. The van der Waals surface area contributed by atoms with Crippen molar-refractivity contribution >= 4 is 23.2 Å². The quantitative estimate of drug-likeness (QED) is 0.338. The topological polar surface area (TPSA) is 101 Å². The summed E-state index contributed by atoms with van der Waals surface area (Å²) >= 11 is 6.22. The normalized spacial score (nSPS) is 15.8. The van der Waals surface area contributed by atoms with Crippen LogP contribution >= 0.6 is 11.6 Å². The molecule has 0 aliphatic carbocycles. The Morgan fingerprint density at radius 1 is 1.03 bits per heavy atom. The van der Waals surface area contributed by atoms with Crippen LogP contribution in [0.4, 0.5) is 5.69 Å². The summed E-state index contributed by atoms with van der Waals surface area (Å²) in [7, 11) is 3.00. The number of aromatic nitrogens is 4. The molecule has 0 N–H and O–H groups in total. The number of carbonyl (C=O) groups excluding carboxylic acids is 1. The van der Waals surface area contributed by atoms with Gasteiger partial charge in [-0.1, -0.05) is 23.7 Å². The van der Waals surface area contributed by atoms with Crippen LogP contribution in [0.2, 0.25) is 5.02 Å². The molecule has 0 saturated carbocycles. The zero-order valence-corrected chi connectivity index (χ0v) is 21.9. The molecule has 10 nitrogen and oxygen atoms in total. The van der Waals surface area contributed by atoms with Crippen LogP contribution in [0.3, 0.4) is 0 Å². The van der Waals surface area contributed by atoms with E-state index < -0.39 is 6.04 Å². The third-order valence-corrected chi connectivity index (χ3v) is 6.82. The second-order valence-electron chi connectivity index (χ2n) is 9.08. The SMILES string of the molecule is COc1ncc(-c2nc3c(n2C(C)C)[C@@H](c2ccc(Cl)cc2)N(c2ccc4c(c2)OCO4)C3=O)c(OC)n1. The molecule has 0 spiro atoms. The predicted octanol–water partition coefficient (Wildman–Crippen LogP) is 5.07. The number of carbonyl (C=O) groups is 1. The van der Waals surface area contributed by atoms with Crippen molar-refractivity contribution in [1.82, 2.24) is 19.5 Å². The maximum Gasteiger partial charge on any atom is 0.319 e. The van der Waals surface area contributed by atoms with Gasteiger partial charge in [0, 0.05) is 29.0 Å². The lowest BCUT2D eigenvalue weighted by Crippen LogP contribution is -2.30. The number of imidazole rings is 1. The molecular weight excluding hydrogens is 510 g/mol. The maximum atomic E-state index is 14.1. The van der Waals surface area contributed by atoms with Crippen molar-refractivity contribution in [3.8, 4) is 34.8 Å². The Morgan fingerprint density at radius 2 is 1.79 bits per heavy atom. The summed E-state index contributed by atoms with van der Waals surface area (Å²) in [6, 6.07) is 12.6. The Bertz CT molecular complexity index is 1550. The Kier molecular flexibility index (Phi) is 5.83. The van der Waals surface area contributed by atoms with E-state index in [2.05, 4.69) is 9.97 Å². The van der Waals surface area contributed by atoms with Crippen molar-refractivity contribution in [2.75, 3.05) is 25.9 Å². The Balaban J connectivity index is 1.57. The molecular formula is C27H24ClN5O5.